The van der Waals surface area contributed by atoms with Crippen LogP contribution in [-0.4, -0.2) is 22.1 Å². The predicted molar refractivity (Wildman–Crippen MR) is 123 cm³/mol. The van der Waals surface area contributed by atoms with Crippen LogP contribution in [0.25, 0.3) is 11.3 Å². The number of rotatable bonds is 7. The highest BCUT2D eigenvalue weighted by molar-refractivity contribution is 7.14. The van der Waals surface area contributed by atoms with E-state index in [1.54, 1.807) is 30.5 Å². The first kappa shape index (κ1) is 20.9. The minimum absolute atomic E-state index is 0.0900. The monoisotopic (exact) mass is 444 g/mol. The molecule has 4 rings (SSSR count). The van der Waals surface area contributed by atoms with Gasteiger partial charge in [-0.25, -0.2) is 9.78 Å². The van der Waals surface area contributed by atoms with Gasteiger partial charge in [-0.2, -0.15) is 5.10 Å². The molecule has 0 radical (unpaired) electrons. The molecule has 3 aromatic carbocycles. The van der Waals surface area contributed by atoms with E-state index in [0.29, 0.717) is 10.9 Å². The van der Waals surface area contributed by atoms with Crippen LogP contribution >= 0.6 is 11.3 Å². The lowest BCUT2D eigenvalue weighted by Gasteiger charge is -2.04. The van der Waals surface area contributed by atoms with E-state index in [0.717, 1.165) is 16.8 Å². The first-order valence-electron chi connectivity index (χ1n) is 9.45. The Morgan fingerprint density at radius 2 is 1.75 bits per heavy atom. The maximum atomic E-state index is 12.2. The molecule has 0 aliphatic heterocycles. The molecule has 32 heavy (non-hydrogen) atoms. The van der Waals surface area contributed by atoms with Gasteiger partial charge in [0.25, 0.3) is 5.69 Å². The molecule has 0 amide bonds. The van der Waals surface area contributed by atoms with E-state index in [-0.39, 0.29) is 11.3 Å². The van der Waals surface area contributed by atoms with Crippen LogP contribution in [-0.2, 0) is 0 Å². The Morgan fingerprint density at radius 3 is 2.44 bits per heavy atom. The average molecular weight is 444 g/mol. The fraction of sp³-hybridized carbons (Fsp3) is 0. The number of hydrogen-bond acceptors (Lipinski definition) is 8. The zero-order valence-corrected chi connectivity index (χ0v) is 17.4. The van der Waals surface area contributed by atoms with Crippen molar-refractivity contribution in [1.82, 2.24) is 4.98 Å². The largest absolute Gasteiger partial charge is 0.423 e. The Hall–Kier alpha value is -4.37. The molecular weight excluding hydrogens is 428 g/mol. The summed E-state index contributed by atoms with van der Waals surface area (Å²) < 4.78 is 5.30. The third-order valence-electron chi connectivity index (χ3n) is 4.35. The van der Waals surface area contributed by atoms with Crippen molar-refractivity contribution in [2.75, 3.05) is 5.43 Å². The molecule has 0 saturated carbocycles. The van der Waals surface area contributed by atoms with Crippen LogP contribution < -0.4 is 10.2 Å². The summed E-state index contributed by atoms with van der Waals surface area (Å²) in [4.78, 5) is 26.8. The van der Waals surface area contributed by atoms with Crippen molar-refractivity contribution in [3.05, 3.63) is 105 Å². The molecule has 1 heterocycles. The Labute approximate surface area is 187 Å². The van der Waals surface area contributed by atoms with E-state index in [2.05, 4.69) is 15.5 Å². The van der Waals surface area contributed by atoms with Gasteiger partial charge < -0.3 is 4.74 Å². The summed E-state index contributed by atoms with van der Waals surface area (Å²) in [5.41, 5.74) is 5.77. The molecule has 0 aliphatic rings. The van der Waals surface area contributed by atoms with E-state index in [1.807, 2.05) is 35.7 Å². The second-order valence-electron chi connectivity index (χ2n) is 6.54. The number of esters is 1. The SMILES string of the molecule is O=C(Oc1ccc(/C=N\Nc2nc(-c3ccccc3)cs2)cc1)c1ccc([N+](=O)[O-])cc1. The summed E-state index contributed by atoms with van der Waals surface area (Å²) in [6.45, 7) is 0. The van der Waals surface area contributed by atoms with Crippen LogP contribution in [0, 0.1) is 10.1 Å². The normalized spacial score (nSPS) is 10.8. The Balaban J connectivity index is 1.32. The summed E-state index contributed by atoms with van der Waals surface area (Å²) in [6.07, 6.45) is 1.63. The molecule has 9 heteroatoms. The second kappa shape index (κ2) is 9.63. The number of nitrogens with zero attached hydrogens (tertiary/aromatic N) is 3. The molecule has 158 valence electrons. The second-order valence-corrected chi connectivity index (χ2v) is 7.39. The number of hydrogen-bond donors (Lipinski definition) is 1. The van der Waals surface area contributed by atoms with E-state index in [9.17, 15) is 14.9 Å². The molecule has 0 aliphatic carbocycles. The van der Waals surface area contributed by atoms with Gasteiger partial charge in [0.2, 0.25) is 5.13 Å². The van der Waals surface area contributed by atoms with Gasteiger partial charge in [-0.05, 0) is 42.0 Å². The number of carbonyl (C=O) groups is 1. The van der Waals surface area contributed by atoms with Gasteiger partial charge in [-0.3, -0.25) is 15.5 Å². The predicted octanol–water partition coefficient (Wildman–Crippen LogP) is 5.38. The minimum atomic E-state index is -0.596. The van der Waals surface area contributed by atoms with Crippen LogP contribution in [0.15, 0.2) is 89.3 Å². The highest BCUT2D eigenvalue weighted by Crippen LogP contribution is 2.24. The number of hydrazone groups is 1. The van der Waals surface area contributed by atoms with Crippen LogP contribution in [0.4, 0.5) is 10.8 Å². The van der Waals surface area contributed by atoms with E-state index in [4.69, 9.17) is 4.74 Å². The molecule has 4 aromatic rings. The number of benzene rings is 3. The van der Waals surface area contributed by atoms with Crippen LogP contribution in [0.5, 0.6) is 5.75 Å². The first-order chi connectivity index (χ1) is 15.6. The van der Waals surface area contributed by atoms with Crippen molar-refractivity contribution < 1.29 is 14.5 Å². The fourth-order valence-electron chi connectivity index (χ4n) is 2.74. The molecule has 0 saturated heterocycles. The van der Waals surface area contributed by atoms with Crippen LogP contribution in [0.3, 0.4) is 0 Å². The number of nitro groups is 1. The lowest BCUT2D eigenvalue weighted by atomic mass is 10.2. The highest BCUT2D eigenvalue weighted by atomic mass is 32.1. The zero-order valence-electron chi connectivity index (χ0n) is 16.5. The van der Waals surface area contributed by atoms with E-state index in [1.165, 1.54) is 35.6 Å². The summed E-state index contributed by atoms with van der Waals surface area (Å²) in [6, 6.07) is 21.9. The van der Waals surface area contributed by atoms with Crippen molar-refractivity contribution in [1.29, 1.82) is 0 Å². The third kappa shape index (κ3) is 5.21. The van der Waals surface area contributed by atoms with E-state index < -0.39 is 10.9 Å². The smallest absolute Gasteiger partial charge is 0.343 e. The number of aromatic nitrogens is 1. The maximum absolute atomic E-state index is 12.2. The topological polar surface area (TPSA) is 107 Å². The molecule has 1 N–H and O–H groups in total. The Bertz CT molecular complexity index is 1250. The Kier molecular flexibility index (Phi) is 6.28. The number of carbonyl (C=O) groups excluding carboxylic acids is 1. The lowest BCUT2D eigenvalue weighted by molar-refractivity contribution is -0.384. The number of nitrogens with one attached hydrogen (secondary N) is 1. The van der Waals surface area contributed by atoms with Gasteiger partial charge in [0.1, 0.15) is 5.75 Å². The summed E-state index contributed by atoms with van der Waals surface area (Å²) >= 11 is 1.46. The minimum Gasteiger partial charge on any atom is -0.423 e. The fourth-order valence-corrected chi connectivity index (χ4v) is 3.40. The standard InChI is InChI=1S/C23H16N4O4S/c28-22(18-8-10-19(11-9-18)27(29)30)31-20-12-6-16(7-13-20)14-24-26-23-25-21(15-32-23)17-4-2-1-3-5-17/h1-15H,(H,25,26)/b24-14-. The van der Waals surface area contributed by atoms with Gasteiger partial charge in [0.15, 0.2) is 0 Å². The molecule has 0 atom stereocenters. The quantitative estimate of drug-likeness (QED) is 0.135. The van der Waals surface area contributed by atoms with Gasteiger partial charge in [0, 0.05) is 23.1 Å². The number of anilines is 1. The number of thiazole rings is 1. The van der Waals surface area contributed by atoms with Crippen molar-refractivity contribution in [2.24, 2.45) is 5.10 Å². The third-order valence-corrected chi connectivity index (χ3v) is 5.10. The zero-order chi connectivity index (χ0) is 22.3. The van der Waals surface area contributed by atoms with Gasteiger partial charge in [0.05, 0.1) is 22.4 Å². The molecule has 0 fully saturated rings. The molecule has 0 bridgehead atoms. The van der Waals surface area contributed by atoms with Crippen molar-refractivity contribution >= 4 is 34.3 Å². The summed E-state index contributed by atoms with van der Waals surface area (Å²) in [5.74, 6) is -0.244. The number of nitro benzene ring substituents is 1. The van der Waals surface area contributed by atoms with Crippen molar-refractivity contribution in [3.8, 4) is 17.0 Å². The molecular formula is C23H16N4O4S. The average Bonchev–Trinajstić information content (AvgIpc) is 3.30. The highest BCUT2D eigenvalue weighted by Gasteiger charge is 2.11. The van der Waals surface area contributed by atoms with Gasteiger partial charge in [-0.1, -0.05) is 30.3 Å². The van der Waals surface area contributed by atoms with Crippen LogP contribution in [0.1, 0.15) is 15.9 Å². The summed E-state index contributed by atoms with van der Waals surface area (Å²) in [7, 11) is 0. The first-order valence-corrected chi connectivity index (χ1v) is 10.3. The summed E-state index contributed by atoms with van der Waals surface area (Å²) in [5, 5.41) is 17.5. The van der Waals surface area contributed by atoms with Crippen LogP contribution in [0.2, 0.25) is 0 Å². The number of ether oxygens (including phenoxy) is 1. The molecule has 0 unspecified atom stereocenters. The van der Waals surface area contributed by atoms with Gasteiger partial charge in [-0.15, -0.1) is 11.3 Å². The lowest BCUT2D eigenvalue weighted by Crippen LogP contribution is -2.08. The number of non-ortho nitro benzene ring substituents is 1. The van der Waals surface area contributed by atoms with Gasteiger partial charge >= 0.3 is 5.97 Å². The Morgan fingerprint density at radius 1 is 1.03 bits per heavy atom. The van der Waals surface area contributed by atoms with Crippen molar-refractivity contribution in [3.63, 3.8) is 0 Å². The molecule has 1 aromatic heterocycles. The van der Waals surface area contributed by atoms with E-state index >= 15 is 0 Å². The molecule has 0 spiro atoms. The molecule has 8 nitrogen and oxygen atoms in total. The van der Waals surface area contributed by atoms with Crippen molar-refractivity contribution in [2.45, 2.75) is 0 Å². The maximum Gasteiger partial charge on any atom is 0.343 e.